The second-order valence-electron chi connectivity index (χ2n) is 9.83. The Bertz CT molecular complexity index is 709. The highest BCUT2D eigenvalue weighted by molar-refractivity contribution is 5.56. The van der Waals surface area contributed by atoms with Crippen molar-refractivity contribution < 1.29 is 0 Å². The van der Waals surface area contributed by atoms with Gasteiger partial charge in [-0.25, -0.2) is 4.98 Å². The van der Waals surface area contributed by atoms with E-state index >= 15 is 0 Å². The van der Waals surface area contributed by atoms with Gasteiger partial charge < -0.3 is 10.6 Å². The lowest BCUT2D eigenvalue weighted by Crippen LogP contribution is -2.58. The predicted molar refractivity (Wildman–Crippen MR) is 110 cm³/mol. The Hall–Kier alpha value is -1.36. The molecule has 0 bridgehead atoms. The average molecular weight is 370 g/mol. The smallest absolute Gasteiger partial charge is 0.222 e. The minimum absolute atomic E-state index is 0.294. The van der Waals surface area contributed by atoms with Gasteiger partial charge in [-0.2, -0.15) is 4.98 Å². The molecule has 148 valence electrons. The first kappa shape index (κ1) is 17.7. The van der Waals surface area contributed by atoms with E-state index in [-0.39, 0.29) is 0 Å². The maximum atomic E-state index is 6.31. The van der Waals surface area contributed by atoms with Crippen LogP contribution in [0, 0.1) is 5.92 Å². The number of hydrogen-bond donors (Lipinski definition) is 1. The molecule has 27 heavy (non-hydrogen) atoms. The molecule has 2 N–H and O–H groups in total. The van der Waals surface area contributed by atoms with Crippen molar-refractivity contribution in [2.24, 2.45) is 5.92 Å². The lowest BCUT2D eigenvalue weighted by atomic mass is 9.71. The Morgan fingerprint density at radius 2 is 1.81 bits per heavy atom. The molecule has 2 aliphatic heterocycles. The van der Waals surface area contributed by atoms with Crippen molar-refractivity contribution >= 4 is 11.8 Å². The van der Waals surface area contributed by atoms with Crippen LogP contribution in [0.25, 0.3) is 0 Å². The van der Waals surface area contributed by atoms with Crippen molar-refractivity contribution in [3.8, 4) is 0 Å². The molecule has 1 aromatic heterocycles. The van der Waals surface area contributed by atoms with E-state index in [0.29, 0.717) is 29.4 Å². The summed E-state index contributed by atoms with van der Waals surface area (Å²) in [6.45, 7) is 8.28. The van der Waals surface area contributed by atoms with Crippen LogP contribution < -0.4 is 10.6 Å². The fraction of sp³-hybridized carbons (Fsp3) is 0.818. The number of anilines is 2. The predicted octanol–water partition coefficient (Wildman–Crippen LogP) is 3.52. The average Bonchev–Trinajstić information content (AvgIpc) is 3.30. The van der Waals surface area contributed by atoms with Gasteiger partial charge in [-0.1, -0.05) is 26.7 Å². The molecule has 4 aliphatic rings. The van der Waals surface area contributed by atoms with Crippen molar-refractivity contribution in [3.05, 3.63) is 11.3 Å². The van der Waals surface area contributed by atoms with Crippen LogP contribution >= 0.6 is 0 Å². The largest absolute Gasteiger partial charge is 0.368 e. The number of hydrogen-bond acceptors (Lipinski definition) is 5. The van der Waals surface area contributed by atoms with Crippen LogP contribution in [0.5, 0.6) is 0 Å². The zero-order chi connectivity index (χ0) is 18.6. The molecule has 3 heterocycles. The van der Waals surface area contributed by atoms with Crippen LogP contribution in [-0.4, -0.2) is 46.6 Å². The fourth-order valence-corrected chi connectivity index (χ4v) is 6.51. The Labute approximate surface area is 163 Å². The van der Waals surface area contributed by atoms with Gasteiger partial charge in [0.2, 0.25) is 5.95 Å². The molecular weight excluding hydrogens is 334 g/mol. The monoisotopic (exact) mass is 369 g/mol. The van der Waals surface area contributed by atoms with Crippen molar-refractivity contribution in [3.63, 3.8) is 0 Å². The lowest BCUT2D eigenvalue weighted by molar-refractivity contribution is 0.175. The third-order valence-corrected chi connectivity index (χ3v) is 7.92. The van der Waals surface area contributed by atoms with E-state index in [2.05, 4.69) is 23.6 Å². The van der Waals surface area contributed by atoms with Crippen LogP contribution in [0.2, 0.25) is 0 Å². The highest BCUT2D eigenvalue weighted by Crippen LogP contribution is 2.50. The van der Waals surface area contributed by atoms with Gasteiger partial charge in [-0.15, -0.1) is 0 Å². The SMILES string of the molecule is CC(C)C1CN2CCCC2CN1c1nc(N)nc2c1CCCC21CCCC1. The van der Waals surface area contributed by atoms with Crippen LogP contribution in [0.3, 0.4) is 0 Å². The van der Waals surface area contributed by atoms with Gasteiger partial charge in [-0.05, 0) is 57.4 Å². The highest BCUT2D eigenvalue weighted by Gasteiger charge is 2.44. The van der Waals surface area contributed by atoms with Crippen molar-refractivity contribution in [1.82, 2.24) is 14.9 Å². The lowest BCUT2D eigenvalue weighted by Gasteiger charge is -2.47. The van der Waals surface area contributed by atoms with Crippen LogP contribution in [-0.2, 0) is 11.8 Å². The van der Waals surface area contributed by atoms with E-state index in [1.165, 1.54) is 81.5 Å². The second-order valence-corrected chi connectivity index (χ2v) is 9.83. The van der Waals surface area contributed by atoms with Gasteiger partial charge >= 0.3 is 0 Å². The molecule has 0 amide bonds. The standard InChI is InChI=1S/C22H35N5/c1-15(2)18-14-26-12-6-7-16(26)13-27(18)20-17-8-5-11-22(9-3-4-10-22)19(17)24-21(23)25-20/h15-16,18H,3-14H2,1-2H3,(H2,23,24,25). The minimum Gasteiger partial charge on any atom is -0.368 e. The first-order chi connectivity index (χ1) is 13.1. The Morgan fingerprint density at radius 3 is 2.59 bits per heavy atom. The summed E-state index contributed by atoms with van der Waals surface area (Å²) in [5, 5.41) is 0. The van der Waals surface area contributed by atoms with E-state index in [4.69, 9.17) is 15.7 Å². The van der Waals surface area contributed by atoms with Crippen molar-refractivity contribution in [1.29, 1.82) is 0 Å². The topological polar surface area (TPSA) is 58.3 Å². The summed E-state index contributed by atoms with van der Waals surface area (Å²) in [6.07, 6.45) is 11.6. The molecule has 0 radical (unpaired) electrons. The summed E-state index contributed by atoms with van der Waals surface area (Å²) in [7, 11) is 0. The number of aromatic nitrogens is 2. The molecule has 1 aromatic rings. The first-order valence-electron chi connectivity index (χ1n) is 11.2. The molecule has 5 heteroatoms. The zero-order valence-corrected chi connectivity index (χ0v) is 17.1. The second kappa shape index (κ2) is 6.61. The quantitative estimate of drug-likeness (QED) is 0.864. The van der Waals surface area contributed by atoms with Crippen molar-refractivity contribution in [2.75, 3.05) is 30.3 Å². The molecule has 2 aliphatic carbocycles. The third-order valence-electron chi connectivity index (χ3n) is 7.92. The molecule has 2 unspecified atom stereocenters. The third kappa shape index (κ3) is 2.84. The molecule has 0 aromatic carbocycles. The highest BCUT2D eigenvalue weighted by atomic mass is 15.3. The van der Waals surface area contributed by atoms with E-state index in [0.717, 1.165) is 13.0 Å². The molecule has 3 fully saturated rings. The van der Waals surface area contributed by atoms with Gasteiger partial charge in [-0.3, -0.25) is 4.90 Å². The Morgan fingerprint density at radius 1 is 1.04 bits per heavy atom. The summed E-state index contributed by atoms with van der Waals surface area (Å²) in [5.74, 6) is 2.30. The molecular formula is C22H35N5. The maximum absolute atomic E-state index is 6.31. The normalized spacial score (nSPS) is 30.1. The van der Waals surface area contributed by atoms with E-state index in [9.17, 15) is 0 Å². The molecule has 1 spiro atoms. The van der Waals surface area contributed by atoms with Gasteiger partial charge in [0.25, 0.3) is 0 Å². The summed E-state index contributed by atoms with van der Waals surface area (Å²) in [4.78, 5) is 15.1. The van der Waals surface area contributed by atoms with E-state index < -0.39 is 0 Å². The number of fused-ring (bicyclic) bond motifs is 3. The van der Waals surface area contributed by atoms with Gasteiger partial charge in [0, 0.05) is 36.2 Å². The summed E-state index contributed by atoms with van der Waals surface area (Å²) in [5.41, 5.74) is 9.37. The van der Waals surface area contributed by atoms with Gasteiger partial charge in [0.05, 0.1) is 5.69 Å². The number of nitrogen functional groups attached to an aromatic ring is 1. The molecule has 2 saturated heterocycles. The Balaban J connectivity index is 1.59. The summed E-state index contributed by atoms with van der Waals surface area (Å²) >= 11 is 0. The zero-order valence-electron chi connectivity index (χ0n) is 17.1. The first-order valence-corrected chi connectivity index (χ1v) is 11.2. The number of rotatable bonds is 2. The van der Waals surface area contributed by atoms with Crippen LogP contribution in [0.4, 0.5) is 11.8 Å². The van der Waals surface area contributed by atoms with Crippen molar-refractivity contribution in [2.45, 2.75) is 89.1 Å². The maximum Gasteiger partial charge on any atom is 0.222 e. The summed E-state index contributed by atoms with van der Waals surface area (Å²) < 4.78 is 0. The fourth-order valence-electron chi connectivity index (χ4n) is 6.51. The molecule has 1 saturated carbocycles. The molecule has 5 rings (SSSR count). The molecule has 2 atom stereocenters. The van der Waals surface area contributed by atoms with Gasteiger partial charge in [0.1, 0.15) is 5.82 Å². The minimum atomic E-state index is 0.294. The van der Waals surface area contributed by atoms with Gasteiger partial charge in [0.15, 0.2) is 0 Å². The Kier molecular flexibility index (Phi) is 4.34. The van der Waals surface area contributed by atoms with E-state index in [1.54, 1.807) is 0 Å². The summed E-state index contributed by atoms with van der Waals surface area (Å²) in [6, 6.07) is 1.22. The van der Waals surface area contributed by atoms with E-state index in [1.807, 2.05) is 0 Å². The van der Waals surface area contributed by atoms with Crippen LogP contribution in [0.1, 0.15) is 76.5 Å². The number of nitrogens with zero attached hydrogens (tertiary/aromatic N) is 4. The van der Waals surface area contributed by atoms with Crippen LogP contribution in [0.15, 0.2) is 0 Å². The number of nitrogens with two attached hydrogens (primary N) is 1. The number of piperazine rings is 1. The molecule has 5 nitrogen and oxygen atoms in total.